The molecule has 0 saturated heterocycles. The van der Waals surface area contributed by atoms with Crippen LogP contribution >= 0.6 is 0 Å². The molecule has 0 aliphatic carbocycles. The second-order valence-corrected chi connectivity index (χ2v) is 3.97. The van der Waals surface area contributed by atoms with Crippen molar-refractivity contribution in [2.24, 2.45) is 0 Å². The molecular weight excluding hydrogens is 184 g/mol. The summed E-state index contributed by atoms with van der Waals surface area (Å²) in [7, 11) is 0. The van der Waals surface area contributed by atoms with Crippen LogP contribution in [-0.4, -0.2) is 5.11 Å². The van der Waals surface area contributed by atoms with Crippen LogP contribution in [0, 0.1) is 6.61 Å². The largest absolute Gasteiger partial charge is 0.390 e. The Bertz CT molecular complexity index is 230. The average Bonchev–Trinajstić information content (AvgIpc) is 2.29. The number of aliphatic hydroxyl groups excluding tert-OH is 1. The van der Waals surface area contributed by atoms with Gasteiger partial charge in [0.05, 0.1) is 6.61 Å². The number of hydrogen-bond acceptors (Lipinski definition) is 1. The lowest BCUT2D eigenvalue weighted by Crippen LogP contribution is -1.85. The van der Waals surface area contributed by atoms with E-state index in [1.54, 1.807) is 0 Å². The first kappa shape index (κ1) is 12.3. The molecule has 0 aliphatic heterocycles. The summed E-state index contributed by atoms with van der Waals surface area (Å²) in [6, 6.07) is 10.7. The predicted octanol–water partition coefficient (Wildman–Crippen LogP) is 4.10. The van der Waals surface area contributed by atoms with Gasteiger partial charge >= 0.3 is 0 Å². The van der Waals surface area contributed by atoms with Crippen molar-refractivity contribution in [1.29, 1.82) is 0 Å². The highest BCUT2D eigenvalue weighted by molar-refractivity contribution is 5.14. The van der Waals surface area contributed by atoms with E-state index in [4.69, 9.17) is 5.11 Å². The second kappa shape index (κ2) is 8.49. The molecule has 0 fully saturated rings. The fourth-order valence-corrected chi connectivity index (χ4v) is 1.74. The molecule has 0 aliphatic rings. The van der Waals surface area contributed by atoms with Crippen molar-refractivity contribution >= 4 is 0 Å². The normalized spacial score (nSPS) is 10.5. The van der Waals surface area contributed by atoms with Crippen molar-refractivity contribution in [2.45, 2.75) is 44.9 Å². The summed E-state index contributed by atoms with van der Waals surface area (Å²) in [4.78, 5) is 0. The smallest absolute Gasteiger partial charge is 0.0799 e. The molecule has 1 N–H and O–H groups in total. The first-order valence-electron chi connectivity index (χ1n) is 5.93. The van der Waals surface area contributed by atoms with Crippen LogP contribution in [0.3, 0.4) is 0 Å². The SMILES string of the molecule is O[CH]CCCCCCCc1ccccc1. The van der Waals surface area contributed by atoms with Crippen molar-refractivity contribution in [2.75, 3.05) is 0 Å². The van der Waals surface area contributed by atoms with E-state index in [2.05, 4.69) is 30.3 Å². The molecule has 1 aromatic carbocycles. The summed E-state index contributed by atoms with van der Waals surface area (Å²) >= 11 is 0. The Labute approximate surface area is 93.1 Å². The number of aryl methyl sites for hydroxylation is 1. The van der Waals surface area contributed by atoms with E-state index in [-0.39, 0.29) is 0 Å². The summed E-state index contributed by atoms with van der Waals surface area (Å²) in [6.07, 6.45) is 8.30. The molecule has 0 atom stereocenters. The number of rotatable bonds is 8. The van der Waals surface area contributed by atoms with Gasteiger partial charge in [-0.25, -0.2) is 0 Å². The second-order valence-electron chi connectivity index (χ2n) is 3.97. The quantitative estimate of drug-likeness (QED) is 0.633. The van der Waals surface area contributed by atoms with Gasteiger partial charge in [0.15, 0.2) is 0 Å². The highest BCUT2D eigenvalue weighted by atomic mass is 16.2. The molecule has 0 bridgehead atoms. The van der Waals surface area contributed by atoms with Crippen molar-refractivity contribution in [1.82, 2.24) is 0 Å². The van der Waals surface area contributed by atoms with Gasteiger partial charge < -0.3 is 5.11 Å². The molecule has 1 aromatic rings. The third-order valence-corrected chi connectivity index (χ3v) is 2.64. The Hall–Kier alpha value is -0.820. The fourth-order valence-electron chi connectivity index (χ4n) is 1.74. The molecule has 0 heterocycles. The van der Waals surface area contributed by atoms with Gasteiger partial charge in [0.2, 0.25) is 0 Å². The summed E-state index contributed by atoms with van der Waals surface area (Å²) < 4.78 is 0. The number of aliphatic hydroxyl groups is 1. The number of benzene rings is 1. The van der Waals surface area contributed by atoms with Crippen molar-refractivity contribution in [3.63, 3.8) is 0 Å². The van der Waals surface area contributed by atoms with Gasteiger partial charge in [-0.1, -0.05) is 56.0 Å². The summed E-state index contributed by atoms with van der Waals surface area (Å²) in [5, 5.41) is 8.49. The van der Waals surface area contributed by atoms with Gasteiger partial charge in [-0.15, -0.1) is 0 Å². The number of hydrogen-bond donors (Lipinski definition) is 1. The zero-order chi connectivity index (χ0) is 10.8. The van der Waals surface area contributed by atoms with Crippen LogP contribution in [0.25, 0.3) is 0 Å². The third kappa shape index (κ3) is 6.29. The van der Waals surface area contributed by atoms with E-state index in [1.165, 1.54) is 44.3 Å². The highest BCUT2D eigenvalue weighted by Crippen LogP contribution is 2.09. The van der Waals surface area contributed by atoms with Crippen LogP contribution in [0.15, 0.2) is 30.3 Å². The van der Waals surface area contributed by atoms with Crippen LogP contribution in [0.4, 0.5) is 0 Å². The van der Waals surface area contributed by atoms with Crippen LogP contribution in [-0.2, 0) is 6.42 Å². The first-order chi connectivity index (χ1) is 7.43. The molecule has 1 rings (SSSR count). The Kier molecular flexibility index (Phi) is 6.93. The molecule has 15 heavy (non-hydrogen) atoms. The lowest BCUT2D eigenvalue weighted by Gasteiger charge is -2.01. The van der Waals surface area contributed by atoms with E-state index < -0.39 is 0 Å². The maximum atomic E-state index is 8.49. The Morgan fingerprint density at radius 2 is 1.53 bits per heavy atom. The van der Waals surface area contributed by atoms with Gasteiger partial charge in [0, 0.05) is 0 Å². The molecule has 0 amide bonds. The molecule has 0 unspecified atom stereocenters. The summed E-state index contributed by atoms with van der Waals surface area (Å²) in [5.74, 6) is 0. The highest BCUT2D eigenvalue weighted by Gasteiger charge is 1.93. The standard InChI is InChI=1S/C14H21O/c15-13-9-4-2-1-3-6-10-14-11-7-5-8-12-14/h5,7-8,11-13,15H,1-4,6,9-10H2. The number of unbranched alkanes of at least 4 members (excludes halogenated alkanes) is 5. The maximum Gasteiger partial charge on any atom is 0.0799 e. The van der Waals surface area contributed by atoms with Crippen molar-refractivity contribution in [3.05, 3.63) is 42.5 Å². The average molecular weight is 205 g/mol. The summed E-state index contributed by atoms with van der Waals surface area (Å²) in [6.45, 7) is 1.27. The van der Waals surface area contributed by atoms with E-state index in [0.717, 1.165) is 12.8 Å². The van der Waals surface area contributed by atoms with Gasteiger partial charge in [-0.3, -0.25) is 0 Å². The third-order valence-electron chi connectivity index (χ3n) is 2.64. The van der Waals surface area contributed by atoms with Gasteiger partial charge in [-0.05, 0) is 24.8 Å². The minimum Gasteiger partial charge on any atom is -0.390 e. The Morgan fingerprint density at radius 1 is 0.867 bits per heavy atom. The minimum absolute atomic E-state index is 0.846. The maximum absolute atomic E-state index is 8.49. The van der Waals surface area contributed by atoms with Crippen LogP contribution < -0.4 is 0 Å². The minimum atomic E-state index is 0.846. The van der Waals surface area contributed by atoms with E-state index >= 15 is 0 Å². The van der Waals surface area contributed by atoms with Gasteiger partial charge in [-0.2, -0.15) is 0 Å². The van der Waals surface area contributed by atoms with Crippen LogP contribution in [0.2, 0.25) is 0 Å². The Balaban J connectivity index is 1.93. The monoisotopic (exact) mass is 205 g/mol. The summed E-state index contributed by atoms with van der Waals surface area (Å²) in [5.41, 5.74) is 1.45. The van der Waals surface area contributed by atoms with Gasteiger partial charge in [0.1, 0.15) is 0 Å². The van der Waals surface area contributed by atoms with Gasteiger partial charge in [0.25, 0.3) is 0 Å². The Morgan fingerprint density at radius 3 is 2.27 bits per heavy atom. The van der Waals surface area contributed by atoms with Crippen LogP contribution in [0.5, 0.6) is 0 Å². The zero-order valence-corrected chi connectivity index (χ0v) is 9.36. The van der Waals surface area contributed by atoms with Crippen molar-refractivity contribution < 1.29 is 5.11 Å². The molecule has 1 nitrogen and oxygen atoms in total. The van der Waals surface area contributed by atoms with Crippen LogP contribution in [0.1, 0.15) is 44.1 Å². The molecule has 1 heteroatoms. The van der Waals surface area contributed by atoms with E-state index in [9.17, 15) is 0 Å². The molecule has 0 aromatic heterocycles. The lowest BCUT2D eigenvalue weighted by molar-refractivity contribution is 0.367. The predicted molar refractivity (Wildman–Crippen MR) is 64.1 cm³/mol. The molecule has 0 saturated carbocycles. The zero-order valence-electron chi connectivity index (χ0n) is 9.36. The van der Waals surface area contributed by atoms with E-state index in [1.807, 2.05) is 0 Å². The topological polar surface area (TPSA) is 20.2 Å². The molecule has 83 valence electrons. The molecule has 1 radical (unpaired) electrons. The fraction of sp³-hybridized carbons (Fsp3) is 0.500. The molecular formula is C14H21O. The van der Waals surface area contributed by atoms with Crippen molar-refractivity contribution in [3.8, 4) is 0 Å². The lowest BCUT2D eigenvalue weighted by atomic mass is 10.1. The van der Waals surface area contributed by atoms with E-state index in [0.29, 0.717) is 0 Å². The first-order valence-corrected chi connectivity index (χ1v) is 5.93. The molecule has 0 spiro atoms.